The highest BCUT2D eigenvalue weighted by atomic mass is 16.5. The molecule has 104 valence electrons. The Bertz CT molecular complexity index is 428. The van der Waals surface area contributed by atoms with Crippen LogP contribution in [0.4, 0.5) is 5.69 Å². The van der Waals surface area contributed by atoms with Crippen molar-refractivity contribution in [2.24, 2.45) is 5.73 Å². The highest BCUT2D eigenvalue weighted by Gasteiger charge is 2.21. The maximum absolute atomic E-state index is 8.75. The van der Waals surface area contributed by atoms with Gasteiger partial charge in [0, 0.05) is 24.3 Å². The average Bonchev–Trinajstić information content (AvgIpc) is 2.45. The van der Waals surface area contributed by atoms with Gasteiger partial charge < -0.3 is 20.5 Å². The van der Waals surface area contributed by atoms with Crippen LogP contribution in [-0.4, -0.2) is 43.3 Å². The third-order valence-electron chi connectivity index (χ3n) is 3.42. The lowest BCUT2D eigenvalue weighted by Crippen LogP contribution is -2.38. The predicted molar refractivity (Wildman–Crippen MR) is 75.7 cm³/mol. The smallest absolute Gasteiger partial charge is 0.124 e. The number of para-hydroxylation sites is 1. The Morgan fingerprint density at radius 3 is 2.68 bits per heavy atom. The predicted octanol–water partition coefficient (Wildman–Crippen LogP) is 0.948. The maximum Gasteiger partial charge on any atom is 0.124 e. The molecule has 0 bridgehead atoms. The summed E-state index contributed by atoms with van der Waals surface area (Å²) in [6.07, 6.45) is 2.10. The zero-order valence-corrected chi connectivity index (χ0v) is 11.0. The zero-order chi connectivity index (χ0) is 13.7. The lowest BCUT2D eigenvalue weighted by Gasteiger charge is -2.34. The van der Waals surface area contributed by atoms with Gasteiger partial charge in [0.2, 0.25) is 0 Å². The largest absolute Gasteiger partial charge is 0.394 e. The molecule has 1 heterocycles. The number of aliphatic hydroxyl groups excluding tert-OH is 1. The molecule has 0 amide bonds. The van der Waals surface area contributed by atoms with E-state index >= 15 is 0 Å². The van der Waals surface area contributed by atoms with Crippen molar-refractivity contribution in [3.63, 3.8) is 0 Å². The molecule has 5 nitrogen and oxygen atoms in total. The van der Waals surface area contributed by atoms with Crippen LogP contribution in [0.15, 0.2) is 24.3 Å². The summed E-state index contributed by atoms with van der Waals surface area (Å²) >= 11 is 0. The van der Waals surface area contributed by atoms with Crippen molar-refractivity contribution in [2.75, 3.05) is 31.2 Å². The second-order valence-corrected chi connectivity index (χ2v) is 4.71. The first-order valence-electron chi connectivity index (χ1n) is 6.63. The van der Waals surface area contributed by atoms with Crippen LogP contribution < -0.4 is 10.6 Å². The second kappa shape index (κ2) is 6.54. The van der Waals surface area contributed by atoms with E-state index in [1.807, 2.05) is 24.3 Å². The van der Waals surface area contributed by atoms with Crippen molar-refractivity contribution in [1.29, 1.82) is 5.41 Å². The van der Waals surface area contributed by atoms with E-state index in [0.29, 0.717) is 6.61 Å². The Balaban J connectivity index is 2.00. The molecule has 2 rings (SSSR count). The van der Waals surface area contributed by atoms with Gasteiger partial charge in [0.25, 0.3) is 0 Å². The first kappa shape index (κ1) is 13.8. The van der Waals surface area contributed by atoms with E-state index in [1.165, 1.54) is 0 Å². The van der Waals surface area contributed by atoms with Crippen LogP contribution in [0.25, 0.3) is 0 Å². The number of nitrogens with zero attached hydrogens (tertiary/aromatic N) is 1. The number of ether oxygens (including phenoxy) is 1. The summed E-state index contributed by atoms with van der Waals surface area (Å²) < 4.78 is 5.55. The molecular weight excluding hydrogens is 242 g/mol. The molecule has 0 spiro atoms. The molecule has 1 fully saturated rings. The number of aliphatic hydroxyl groups is 1. The Morgan fingerprint density at radius 2 is 2.05 bits per heavy atom. The molecule has 1 aromatic rings. The van der Waals surface area contributed by atoms with Crippen molar-refractivity contribution < 1.29 is 9.84 Å². The van der Waals surface area contributed by atoms with Crippen LogP contribution in [0.5, 0.6) is 0 Å². The fourth-order valence-corrected chi connectivity index (χ4v) is 2.46. The van der Waals surface area contributed by atoms with Gasteiger partial charge >= 0.3 is 0 Å². The molecule has 0 unspecified atom stereocenters. The molecule has 0 saturated carbocycles. The Morgan fingerprint density at radius 1 is 1.37 bits per heavy atom. The van der Waals surface area contributed by atoms with E-state index in [0.717, 1.165) is 37.2 Å². The minimum Gasteiger partial charge on any atom is -0.394 e. The number of nitrogens with two attached hydrogens (primary N) is 1. The van der Waals surface area contributed by atoms with Crippen LogP contribution in [-0.2, 0) is 4.74 Å². The summed E-state index contributed by atoms with van der Waals surface area (Å²) in [5, 5.41) is 16.4. The van der Waals surface area contributed by atoms with Gasteiger partial charge in [-0.3, -0.25) is 5.41 Å². The summed E-state index contributed by atoms with van der Waals surface area (Å²) in [4.78, 5) is 2.25. The lowest BCUT2D eigenvalue weighted by molar-refractivity contribution is 0.0159. The van der Waals surface area contributed by atoms with Crippen LogP contribution in [0.3, 0.4) is 0 Å². The monoisotopic (exact) mass is 263 g/mol. The number of hydrogen-bond acceptors (Lipinski definition) is 4. The van der Waals surface area contributed by atoms with Gasteiger partial charge in [0.15, 0.2) is 0 Å². The number of anilines is 1. The molecule has 0 atom stereocenters. The molecule has 0 radical (unpaired) electrons. The van der Waals surface area contributed by atoms with Gasteiger partial charge in [-0.05, 0) is 25.0 Å². The average molecular weight is 263 g/mol. The van der Waals surface area contributed by atoms with Gasteiger partial charge in [-0.2, -0.15) is 0 Å². The lowest BCUT2D eigenvalue weighted by atomic mass is 10.0. The third-order valence-corrected chi connectivity index (χ3v) is 3.42. The van der Waals surface area contributed by atoms with Crippen LogP contribution in [0.1, 0.15) is 18.4 Å². The maximum atomic E-state index is 8.75. The molecule has 19 heavy (non-hydrogen) atoms. The van der Waals surface area contributed by atoms with Crippen molar-refractivity contribution in [3.05, 3.63) is 29.8 Å². The second-order valence-electron chi connectivity index (χ2n) is 4.71. The number of nitrogen functional groups attached to an aromatic ring is 1. The fourth-order valence-electron chi connectivity index (χ4n) is 2.46. The van der Waals surface area contributed by atoms with Gasteiger partial charge in [-0.15, -0.1) is 0 Å². The highest BCUT2D eigenvalue weighted by molar-refractivity contribution is 6.00. The normalized spacial score (nSPS) is 16.6. The summed E-state index contributed by atoms with van der Waals surface area (Å²) in [5.74, 6) is 0.106. The quantitative estimate of drug-likeness (QED) is 0.545. The van der Waals surface area contributed by atoms with E-state index < -0.39 is 0 Å². The summed E-state index contributed by atoms with van der Waals surface area (Å²) in [7, 11) is 0. The van der Waals surface area contributed by atoms with Crippen LogP contribution in [0.2, 0.25) is 0 Å². The Kier molecular flexibility index (Phi) is 4.76. The molecule has 1 aromatic carbocycles. The third kappa shape index (κ3) is 3.45. The minimum absolute atomic E-state index is 0.0768. The van der Waals surface area contributed by atoms with E-state index in [9.17, 15) is 0 Å². The van der Waals surface area contributed by atoms with Gasteiger partial charge in [-0.25, -0.2) is 0 Å². The molecule has 0 aromatic heterocycles. The van der Waals surface area contributed by atoms with Crippen molar-refractivity contribution in [2.45, 2.75) is 18.9 Å². The highest BCUT2D eigenvalue weighted by Crippen LogP contribution is 2.24. The van der Waals surface area contributed by atoms with Crippen molar-refractivity contribution in [3.8, 4) is 0 Å². The van der Waals surface area contributed by atoms with E-state index in [-0.39, 0.29) is 18.5 Å². The standard InChI is InChI=1S/C14H21N3O2/c15-14(16)12-3-1-2-4-13(12)17-7-5-11(6-8-17)19-10-9-18/h1-4,11,18H,5-10H2,(H3,15,16). The van der Waals surface area contributed by atoms with E-state index in [2.05, 4.69) is 4.90 Å². The molecule has 5 heteroatoms. The summed E-state index contributed by atoms with van der Waals surface area (Å²) in [6.45, 7) is 2.27. The number of benzene rings is 1. The van der Waals surface area contributed by atoms with Crippen LogP contribution >= 0.6 is 0 Å². The zero-order valence-electron chi connectivity index (χ0n) is 11.0. The SMILES string of the molecule is N=C(N)c1ccccc1N1CCC(OCCO)CC1. The number of amidine groups is 1. The Labute approximate surface area is 113 Å². The molecule has 4 N–H and O–H groups in total. The van der Waals surface area contributed by atoms with Crippen molar-refractivity contribution in [1.82, 2.24) is 0 Å². The molecule has 0 aliphatic carbocycles. The molecule has 1 saturated heterocycles. The van der Waals surface area contributed by atoms with Crippen molar-refractivity contribution >= 4 is 11.5 Å². The van der Waals surface area contributed by atoms with Gasteiger partial charge in [0.05, 0.1) is 19.3 Å². The number of rotatable bonds is 5. The number of nitrogens with one attached hydrogen (secondary N) is 1. The first-order chi connectivity index (χ1) is 9.22. The van der Waals surface area contributed by atoms with Crippen LogP contribution in [0, 0.1) is 5.41 Å². The minimum atomic E-state index is 0.0768. The van der Waals surface area contributed by atoms with E-state index in [4.69, 9.17) is 21.0 Å². The first-order valence-corrected chi connectivity index (χ1v) is 6.63. The number of hydrogen-bond donors (Lipinski definition) is 3. The topological polar surface area (TPSA) is 82.6 Å². The van der Waals surface area contributed by atoms with E-state index in [1.54, 1.807) is 0 Å². The molecule has 1 aliphatic rings. The number of piperidine rings is 1. The summed E-state index contributed by atoms with van der Waals surface area (Å²) in [5.41, 5.74) is 7.43. The van der Waals surface area contributed by atoms with Gasteiger partial charge in [0.1, 0.15) is 5.84 Å². The molecular formula is C14H21N3O2. The summed E-state index contributed by atoms with van der Waals surface area (Å²) in [6, 6.07) is 7.76. The molecule has 1 aliphatic heterocycles. The van der Waals surface area contributed by atoms with Gasteiger partial charge in [-0.1, -0.05) is 12.1 Å². The Hall–Kier alpha value is -1.59. The fraction of sp³-hybridized carbons (Fsp3) is 0.500.